The number of phenols is 1. The molecule has 0 aliphatic heterocycles. The molecule has 6 heteroatoms. The Morgan fingerprint density at radius 3 is 2.60 bits per heavy atom. The fraction of sp³-hybridized carbons (Fsp3) is 0.143. The molecule has 1 aromatic carbocycles. The van der Waals surface area contributed by atoms with Crippen LogP contribution in [-0.4, -0.2) is 22.0 Å². The number of benzene rings is 1. The normalized spacial score (nSPS) is 11.9. The van der Waals surface area contributed by atoms with Crippen LogP contribution in [0, 0.1) is 5.82 Å². The lowest BCUT2D eigenvalue weighted by Gasteiger charge is -2.11. The lowest BCUT2D eigenvalue weighted by Crippen LogP contribution is -2.37. The number of pyridine rings is 1. The molecule has 0 radical (unpaired) electrons. The van der Waals surface area contributed by atoms with Gasteiger partial charge >= 0.3 is 0 Å². The molecule has 0 aliphatic rings. The van der Waals surface area contributed by atoms with E-state index < -0.39 is 17.8 Å². The topological polar surface area (TPSA) is 88.2 Å². The second-order valence-corrected chi connectivity index (χ2v) is 4.33. The zero-order chi connectivity index (χ0) is 14.5. The molecule has 0 saturated heterocycles. The number of carbonyl (C=O) groups is 1. The third kappa shape index (κ3) is 3.76. The molecule has 0 aliphatic carbocycles. The van der Waals surface area contributed by atoms with Crippen LogP contribution in [0.5, 0.6) is 5.75 Å². The summed E-state index contributed by atoms with van der Waals surface area (Å²) in [5.74, 6) is -0.478. The van der Waals surface area contributed by atoms with Gasteiger partial charge in [0.1, 0.15) is 17.4 Å². The van der Waals surface area contributed by atoms with Gasteiger partial charge in [-0.2, -0.15) is 0 Å². The summed E-state index contributed by atoms with van der Waals surface area (Å²) < 4.78 is 12.7. The highest BCUT2D eigenvalue weighted by Gasteiger charge is 2.14. The quantitative estimate of drug-likeness (QED) is 0.787. The molecule has 0 unspecified atom stereocenters. The summed E-state index contributed by atoms with van der Waals surface area (Å²) in [6.07, 6.45) is 1.34. The van der Waals surface area contributed by atoms with Crippen LogP contribution in [0.3, 0.4) is 0 Å². The standard InChI is InChI=1S/C14H14FN3O2/c15-10-3-6-13(17-8-10)18-14(20)12(16)7-9-1-4-11(19)5-2-9/h1-6,8,12,19H,7,16H2,(H,17,18,20)/t12-/m1/s1. The highest BCUT2D eigenvalue weighted by molar-refractivity contribution is 5.94. The molecule has 2 rings (SSSR count). The fourth-order valence-electron chi connectivity index (χ4n) is 1.65. The van der Waals surface area contributed by atoms with Gasteiger partial charge in [0, 0.05) is 0 Å². The van der Waals surface area contributed by atoms with E-state index in [0.29, 0.717) is 6.42 Å². The van der Waals surface area contributed by atoms with Crippen LogP contribution >= 0.6 is 0 Å². The van der Waals surface area contributed by atoms with Crippen LogP contribution in [-0.2, 0) is 11.2 Å². The Labute approximate surface area is 115 Å². The number of halogens is 1. The third-order valence-corrected chi connectivity index (χ3v) is 2.71. The van der Waals surface area contributed by atoms with Gasteiger partial charge in [-0.05, 0) is 36.2 Å². The number of carbonyl (C=O) groups excluding carboxylic acids is 1. The molecule has 1 amide bonds. The predicted octanol–water partition coefficient (Wildman–Crippen LogP) is 1.43. The first-order valence-corrected chi connectivity index (χ1v) is 6.00. The van der Waals surface area contributed by atoms with Crippen molar-refractivity contribution in [2.75, 3.05) is 5.32 Å². The van der Waals surface area contributed by atoms with Crippen molar-refractivity contribution in [1.82, 2.24) is 4.98 Å². The SMILES string of the molecule is N[C@H](Cc1ccc(O)cc1)C(=O)Nc1ccc(F)cn1. The van der Waals surface area contributed by atoms with Gasteiger partial charge in [-0.15, -0.1) is 0 Å². The molecule has 0 saturated carbocycles. The van der Waals surface area contributed by atoms with E-state index in [9.17, 15) is 9.18 Å². The predicted molar refractivity (Wildman–Crippen MR) is 72.6 cm³/mol. The van der Waals surface area contributed by atoms with E-state index in [2.05, 4.69) is 10.3 Å². The highest BCUT2D eigenvalue weighted by atomic mass is 19.1. The summed E-state index contributed by atoms with van der Waals surface area (Å²) in [6.45, 7) is 0. The second-order valence-electron chi connectivity index (χ2n) is 4.33. The van der Waals surface area contributed by atoms with Gasteiger partial charge in [0.25, 0.3) is 0 Å². The number of aromatic hydroxyl groups is 1. The van der Waals surface area contributed by atoms with E-state index >= 15 is 0 Å². The molecule has 5 nitrogen and oxygen atoms in total. The highest BCUT2D eigenvalue weighted by Crippen LogP contribution is 2.11. The van der Waals surface area contributed by atoms with Crippen LogP contribution in [0.1, 0.15) is 5.56 Å². The number of nitrogens with one attached hydrogen (secondary N) is 1. The minimum absolute atomic E-state index is 0.155. The number of anilines is 1. The number of hydrogen-bond donors (Lipinski definition) is 3. The summed E-state index contributed by atoms with van der Waals surface area (Å²) in [5, 5.41) is 11.7. The number of nitrogens with two attached hydrogens (primary N) is 1. The molecular formula is C14H14FN3O2. The first-order valence-electron chi connectivity index (χ1n) is 6.00. The monoisotopic (exact) mass is 275 g/mol. The zero-order valence-corrected chi connectivity index (χ0v) is 10.6. The zero-order valence-electron chi connectivity index (χ0n) is 10.6. The van der Waals surface area contributed by atoms with Gasteiger partial charge in [0.2, 0.25) is 5.91 Å². The lowest BCUT2D eigenvalue weighted by atomic mass is 10.1. The minimum atomic E-state index is -0.758. The Bertz CT molecular complexity index is 584. The van der Waals surface area contributed by atoms with Gasteiger partial charge in [-0.1, -0.05) is 12.1 Å². The molecule has 0 spiro atoms. The van der Waals surface area contributed by atoms with E-state index in [0.717, 1.165) is 11.8 Å². The van der Waals surface area contributed by atoms with Crippen molar-refractivity contribution in [2.45, 2.75) is 12.5 Å². The van der Waals surface area contributed by atoms with Gasteiger partial charge in [0.15, 0.2) is 0 Å². The maximum atomic E-state index is 12.7. The Morgan fingerprint density at radius 2 is 2.00 bits per heavy atom. The minimum Gasteiger partial charge on any atom is -0.508 e. The molecule has 1 atom stereocenters. The number of aromatic nitrogens is 1. The lowest BCUT2D eigenvalue weighted by molar-refractivity contribution is -0.117. The molecule has 2 aromatic rings. The van der Waals surface area contributed by atoms with E-state index in [-0.39, 0.29) is 11.6 Å². The maximum absolute atomic E-state index is 12.7. The molecule has 1 aromatic heterocycles. The van der Waals surface area contributed by atoms with Gasteiger partial charge < -0.3 is 16.2 Å². The summed E-state index contributed by atoms with van der Waals surface area (Å²) in [5.41, 5.74) is 6.62. The molecule has 0 bridgehead atoms. The van der Waals surface area contributed by atoms with Gasteiger partial charge in [-0.25, -0.2) is 9.37 Å². The molecule has 20 heavy (non-hydrogen) atoms. The number of nitrogens with zero attached hydrogens (tertiary/aromatic N) is 1. The number of phenolic OH excluding ortho intramolecular Hbond substituents is 1. The van der Waals surface area contributed by atoms with Crippen molar-refractivity contribution < 1.29 is 14.3 Å². The molecular weight excluding hydrogens is 261 g/mol. The van der Waals surface area contributed by atoms with E-state index in [1.165, 1.54) is 24.3 Å². The summed E-state index contributed by atoms with van der Waals surface area (Å²) in [4.78, 5) is 15.6. The van der Waals surface area contributed by atoms with Crippen LogP contribution in [0.15, 0.2) is 42.6 Å². The Balaban J connectivity index is 1.94. The van der Waals surface area contributed by atoms with Crippen LogP contribution in [0.4, 0.5) is 10.2 Å². The van der Waals surface area contributed by atoms with E-state index in [1.54, 1.807) is 12.1 Å². The maximum Gasteiger partial charge on any atom is 0.242 e. The first kappa shape index (κ1) is 14.0. The molecule has 4 N–H and O–H groups in total. The number of amides is 1. The van der Waals surface area contributed by atoms with E-state index in [1.807, 2.05) is 0 Å². The molecule has 1 heterocycles. The van der Waals surface area contributed by atoms with E-state index in [4.69, 9.17) is 10.8 Å². The third-order valence-electron chi connectivity index (χ3n) is 2.71. The van der Waals surface area contributed by atoms with Crippen molar-refractivity contribution in [3.63, 3.8) is 0 Å². The second kappa shape index (κ2) is 6.12. The largest absolute Gasteiger partial charge is 0.508 e. The summed E-state index contributed by atoms with van der Waals surface area (Å²) in [7, 11) is 0. The van der Waals surface area contributed by atoms with Gasteiger partial charge in [0.05, 0.1) is 12.2 Å². The number of hydrogen-bond acceptors (Lipinski definition) is 4. The van der Waals surface area contributed by atoms with Crippen molar-refractivity contribution in [2.24, 2.45) is 5.73 Å². The van der Waals surface area contributed by atoms with Crippen molar-refractivity contribution in [1.29, 1.82) is 0 Å². The summed E-state index contributed by atoms with van der Waals surface area (Å²) in [6, 6.07) is 8.25. The number of rotatable bonds is 4. The molecule has 104 valence electrons. The fourth-order valence-corrected chi connectivity index (χ4v) is 1.65. The first-order chi connectivity index (χ1) is 9.54. The summed E-state index contributed by atoms with van der Waals surface area (Å²) >= 11 is 0. The van der Waals surface area contributed by atoms with Crippen molar-refractivity contribution >= 4 is 11.7 Å². The average Bonchev–Trinajstić information content (AvgIpc) is 2.44. The van der Waals surface area contributed by atoms with Crippen molar-refractivity contribution in [3.05, 3.63) is 54.0 Å². The smallest absolute Gasteiger partial charge is 0.242 e. The molecule has 0 fully saturated rings. The Morgan fingerprint density at radius 1 is 1.30 bits per heavy atom. The van der Waals surface area contributed by atoms with Crippen LogP contribution in [0.25, 0.3) is 0 Å². The average molecular weight is 275 g/mol. The Kier molecular flexibility index (Phi) is 4.27. The van der Waals surface area contributed by atoms with Gasteiger partial charge in [-0.3, -0.25) is 4.79 Å². The van der Waals surface area contributed by atoms with Crippen molar-refractivity contribution in [3.8, 4) is 5.75 Å². The van der Waals surface area contributed by atoms with Crippen LogP contribution < -0.4 is 11.1 Å². The Hall–Kier alpha value is -2.47. The van der Waals surface area contributed by atoms with Crippen LogP contribution in [0.2, 0.25) is 0 Å².